The van der Waals surface area contributed by atoms with Crippen LogP contribution in [0.4, 0.5) is 0 Å². The molecule has 1 unspecified atom stereocenters. The second-order valence-electron chi connectivity index (χ2n) is 20.6. The lowest BCUT2D eigenvalue weighted by Crippen LogP contribution is -2.30. The highest BCUT2D eigenvalue weighted by Gasteiger charge is 2.19. The van der Waals surface area contributed by atoms with Gasteiger partial charge in [0.25, 0.3) is 0 Å². The number of carbonyl (C=O) groups is 3. The average Bonchev–Trinajstić information content (AvgIpc) is 3.37. The smallest absolute Gasteiger partial charge is 0.306 e. The van der Waals surface area contributed by atoms with Crippen molar-refractivity contribution in [3.8, 4) is 0 Å². The molecule has 0 N–H and O–H groups in total. The molecule has 0 rings (SSSR count). The second kappa shape index (κ2) is 59.7. The van der Waals surface area contributed by atoms with Crippen molar-refractivity contribution in [3.05, 3.63) is 60.8 Å². The molecule has 0 bridgehead atoms. The molecule has 6 heteroatoms. The zero-order valence-corrected chi connectivity index (χ0v) is 47.2. The monoisotopic (exact) mass is 993 g/mol. The molecule has 0 fully saturated rings. The van der Waals surface area contributed by atoms with E-state index < -0.39 is 6.10 Å². The highest BCUT2D eigenvalue weighted by atomic mass is 16.6. The van der Waals surface area contributed by atoms with Crippen LogP contribution in [-0.2, 0) is 28.6 Å². The van der Waals surface area contributed by atoms with Crippen LogP contribution in [-0.4, -0.2) is 37.2 Å². The SMILES string of the molecule is CCCCCC/C=C\C/C=C\CCCCCCCCCC(=O)OC(COC(=O)CCCCCCCC/C=C\C/C=C\C/C=C\CCCCCCC)COC(=O)CCCCCCCCCCCCCCCC. The summed E-state index contributed by atoms with van der Waals surface area (Å²) in [6, 6.07) is 0. The normalized spacial score (nSPS) is 12.4. The first-order valence-corrected chi connectivity index (χ1v) is 30.8. The van der Waals surface area contributed by atoms with Gasteiger partial charge in [0.15, 0.2) is 6.10 Å². The molecule has 71 heavy (non-hydrogen) atoms. The van der Waals surface area contributed by atoms with Crippen molar-refractivity contribution >= 4 is 17.9 Å². The van der Waals surface area contributed by atoms with Crippen molar-refractivity contribution in [2.75, 3.05) is 13.2 Å². The van der Waals surface area contributed by atoms with Gasteiger partial charge in [-0.3, -0.25) is 14.4 Å². The van der Waals surface area contributed by atoms with Crippen molar-refractivity contribution in [2.45, 2.75) is 322 Å². The number of rotatable bonds is 56. The molecule has 0 aromatic heterocycles. The highest BCUT2D eigenvalue weighted by Crippen LogP contribution is 2.16. The van der Waals surface area contributed by atoms with Crippen LogP contribution >= 0.6 is 0 Å². The largest absolute Gasteiger partial charge is 0.462 e. The van der Waals surface area contributed by atoms with Gasteiger partial charge in [0.05, 0.1) is 0 Å². The number of ether oxygens (including phenoxy) is 3. The third-order valence-corrected chi connectivity index (χ3v) is 13.5. The van der Waals surface area contributed by atoms with Crippen LogP contribution in [0.2, 0.25) is 0 Å². The van der Waals surface area contributed by atoms with Crippen LogP contribution in [0.3, 0.4) is 0 Å². The van der Waals surface area contributed by atoms with Crippen LogP contribution in [0.25, 0.3) is 0 Å². The minimum atomic E-state index is -0.783. The molecule has 0 spiro atoms. The fourth-order valence-corrected chi connectivity index (χ4v) is 8.83. The third-order valence-electron chi connectivity index (χ3n) is 13.5. The van der Waals surface area contributed by atoms with Gasteiger partial charge >= 0.3 is 17.9 Å². The molecule has 412 valence electrons. The van der Waals surface area contributed by atoms with Crippen LogP contribution in [0.1, 0.15) is 316 Å². The zero-order valence-electron chi connectivity index (χ0n) is 47.2. The summed E-state index contributed by atoms with van der Waals surface area (Å²) in [6.45, 7) is 6.63. The number of allylic oxidation sites excluding steroid dienone is 10. The van der Waals surface area contributed by atoms with E-state index in [2.05, 4.69) is 81.5 Å². The van der Waals surface area contributed by atoms with Gasteiger partial charge in [-0.05, 0) is 89.9 Å². The van der Waals surface area contributed by atoms with Crippen LogP contribution in [0.15, 0.2) is 60.8 Å². The molecule has 1 atom stereocenters. The Morgan fingerprint density at radius 3 is 0.803 bits per heavy atom. The summed E-state index contributed by atoms with van der Waals surface area (Å²) in [4.78, 5) is 38.2. The summed E-state index contributed by atoms with van der Waals surface area (Å²) in [6.07, 6.45) is 74.9. The molecule has 0 aliphatic heterocycles. The van der Waals surface area contributed by atoms with E-state index in [1.807, 2.05) is 0 Å². The second-order valence-corrected chi connectivity index (χ2v) is 20.6. The predicted molar refractivity (Wildman–Crippen MR) is 307 cm³/mol. The van der Waals surface area contributed by atoms with E-state index in [-0.39, 0.29) is 31.1 Å². The van der Waals surface area contributed by atoms with Gasteiger partial charge in [0.2, 0.25) is 0 Å². The molecule has 0 aromatic carbocycles. The first kappa shape index (κ1) is 68.1. The Kier molecular flexibility index (Phi) is 57.2. The van der Waals surface area contributed by atoms with Crippen molar-refractivity contribution < 1.29 is 28.6 Å². The molecule has 0 aromatic rings. The van der Waals surface area contributed by atoms with Gasteiger partial charge in [-0.25, -0.2) is 0 Å². The van der Waals surface area contributed by atoms with Crippen LogP contribution < -0.4 is 0 Å². The van der Waals surface area contributed by atoms with E-state index in [0.717, 1.165) is 89.9 Å². The average molecular weight is 994 g/mol. The van der Waals surface area contributed by atoms with E-state index in [1.165, 1.54) is 186 Å². The molecule has 0 aliphatic rings. The lowest BCUT2D eigenvalue weighted by molar-refractivity contribution is -0.167. The first-order chi connectivity index (χ1) is 35.0. The summed E-state index contributed by atoms with van der Waals surface area (Å²) in [5.74, 6) is -0.885. The summed E-state index contributed by atoms with van der Waals surface area (Å²) < 4.78 is 16.9. The van der Waals surface area contributed by atoms with Crippen molar-refractivity contribution in [1.82, 2.24) is 0 Å². The molecular formula is C65H116O6. The Morgan fingerprint density at radius 1 is 0.282 bits per heavy atom. The molecular weight excluding hydrogens is 877 g/mol. The third kappa shape index (κ3) is 57.9. The van der Waals surface area contributed by atoms with Gasteiger partial charge in [0, 0.05) is 19.3 Å². The Hall–Kier alpha value is -2.89. The Balaban J connectivity index is 4.38. The minimum Gasteiger partial charge on any atom is -0.462 e. The minimum absolute atomic E-state index is 0.0791. The maximum Gasteiger partial charge on any atom is 0.306 e. The summed E-state index contributed by atoms with van der Waals surface area (Å²) in [5.41, 5.74) is 0. The van der Waals surface area contributed by atoms with Gasteiger partial charge in [-0.15, -0.1) is 0 Å². The molecule has 6 nitrogen and oxygen atoms in total. The van der Waals surface area contributed by atoms with Gasteiger partial charge in [0.1, 0.15) is 13.2 Å². The fraction of sp³-hybridized carbons (Fsp3) is 0.800. The van der Waals surface area contributed by atoms with Crippen molar-refractivity contribution in [2.24, 2.45) is 0 Å². The Labute approximate surface area is 440 Å². The molecule has 0 aliphatic carbocycles. The van der Waals surface area contributed by atoms with Crippen molar-refractivity contribution in [1.29, 1.82) is 0 Å². The summed E-state index contributed by atoms with van der Waals surface area (Å²) in [7, 11) is 0. The molecule has 0 saturated heterocycles. The molecule has 0 heterocycles. The number of carbonyl (C=O) groups excluding carboxylic acids is 3. The molecule has 0 amide bonds. The zero-order chi connectivity index (χ0) is 51.4. The van der Waals surface area contributed by atoms with E-state index >= 15 is 0 Å². The van der Waals surface area contributed by atoms with Crippen LogP contribution in [0, 0.1) is 0 Å². The number of esters is 3. The quantitative estimate of drug-likeness (QED) is 0.0261. The Bertz CT molecular complexity index is 1280. The number of hydrogen-bond donors (Lipinski definition) is 0. The maximum atomic E-state index is 12.9. The topological polar surface area (TPSA) is 78.9 Å². The Morgan fingerprint density at radius 2 is 0.507 bits per heavy atom. The molecule has 0 saturated carbocycles. The van der Waals surface area contributed by atoms with Gasteiger partial charge in [-0.1, -0.05) is 268 Å². The van der Waals surface area contributed by atoms with Crippen molar-refractivity contribution in [3.63, 3.8) is 0 Å². The summed E-state index contributed by atoms with van der Waals surface area (Å²) in [5, 5.41) is 0. The van der Waals surface area contributed by atoms with E-state index in [4.69, 9.17) is 14.2 Å². The van der Waals surface area contributed by atoms with E-state index in [9.17, 15) is 14.4 Å². The predicted octanol–water partition coefficient (Wildman–Crippen LogP) is 20.8. The summed E-state index contributed by atoms with van der Waals surface area (Å²) >= 11 is 0. The standard InChI is InChI=1S/C65H116O6/c1-4-7-10-13-16-19-22-25-28-30-32-33-34-36-37-40-43-46-49-52-55-58-64(67)70-61-62(60-69-63(66)57-54-51-48-45-42-39-27-24-21-18-15-12-9-6-3)71-65(68)59-56-53-50-47-44-41-38-35-31-29-26-23-20-17-14-11-8-5-2/h20,22-23,25,29-32,34,36,62H,4-19,21,24,26-28,33,35,37-61H2,1-3H3/b23-20-,25-22-,31-29-,32-30-,36-34-. The lowest BCUT2D eigenvalue weighted by atomic mass is 10.0. The molecule has 0 radical (unpaired) electrons. The lowest BCUT2D eigenvalue weighted by Gasteiger charge is -2.18. The fourth-order valence-electron chi connectivity index (χ4n) is 8.83. The van der Waals surface area contributed by atoms with Gasteiger partial charge < -0.3 is 14.2 Å². The van der Waals surface area contributed by atoms with E-state index in [1.54, 1.807) is 0 Å². The van der Waals surface area contributed by atoms with Gasteiger partial charge in [-0.2, -0.15) is 0 Å². The maximum absolute atomic E-state index is 12.9. The van der Waals surface area contributed by atoms with E-state index in [0.29, 0.717) is 19.3 Å². The number of hydrogen-bond acceptors (Lipinski definition) is 6. The first-order valence-electron chi connectivity index (χ1n) is 30.8. The number of unbranched alkanes of at least 4 members (excludes halogenated alkanes) is 35. The van der Waals surface area contributed by atoms with Crippen LogP contribution in [0.5, 0.6) is 0 Å². The highest BCUT2D eigenvalue weighted by molar-refractivity contribution is 5.71.